The Hall–Kier alpha value is -3.09. The fraction of sp³-hybridized carbons (Fsp3) is 0.381. The number of benzene rings is 1. The lowest BCUT2D eigenvalue weighted by Gasteiger charge is -2.32. The Morgan fingerprint density at radius 3 is 2.79 bits per heavy atom. The second-order valence-electron chi connectivity index (χ2n) is 7.78. The van der Waals surface area contributed by atoms with Crippen LogP contribution in [-0.2, 0) is 0 Å². The number of hydrogen-bond acceptors (Lipinski definition) is 5. The largest absolute Gasteiger partial charge is 0.451 e. The molecule has 2 amide bonds. The van der Waals surface area contributed by atoms with Crippen LogP contribution in [0.4, 0.5) is 0 Å². The van der Waals surface area contributed by atoms with Crippen LogP contribution in [0.2, 0.25) is 0 Å². The number of piperidine rings is 1. The summed E-state index contributed by atoms with van der Waals surface area (Å²) < 4.78 is 10.7. The molecule has 2 fully saturated rings. The van der Waals surface area contributed by atoms with E-state index in [1.54, 1.807) is 6.07 Å². The van der Waals surface area contributed by atoms with Crippen LogP contribution in [0.5, 0.6) is 0 Å². The highest BCUT2D eigenvalue weighted by molar-refractivity contribution is 5.96. The highest BCUT2D eigenvalue weighted by Crippen LogP contribution is 2.59. The molecular weight excluding hydrogens is 358 g/mol. The Kier molecular flexibility index (Phi) is 3.96. The average Bonchev–Trinajstić information content (AvgIpc) is 3.13. The van der Waals surface area contributed by atoms with Crippen LogP contribution in [0.25, 0.3) is 11.0 Å². The molecule has 1 spiro atoms. The lowest BCUT2D eigenvalue weighted by Crippen LogP contribution is -2.40. The van der Waals surface area contributed by atoms with E-state index in [1.807, 2.05) is 29.2 Å². The van der Waals surface area contributed by atoms with Crippen molar-refractivity contribution in [2.45, 2.75) is 19.3 Å². The topological polar surface area (TPSA) is 88.6 Å². The number of hydrogen-bond donors (Lipinski definition) is 1. The van der Waals surface area contributed by atoms with Gasteiger partial charge in [0.1, 0.15) is 5.58 Å². The molecule has 0 bridgehead atoms. The van der Waals surface area contributed by atoms with Crippen molar-refractivity contribution in [3.63, 3.8) is 0 Å². The summed E-state index contributed by atoms with van der Waals surface area (Å²) in [4.78, 5) is 30.4. The number of carbonyl (C=O) groups is 2. The van der Waals surface area contributed by atoms with Gasteiger partial charge in [0.2, 0.25) is 5.76 Å². The van der Waals surface area contributed by atoms with Gasteiger partial charge in [0.15, 0.2) is 12.2 Å². The molecule has 1 unspecified atom stereocenters. The molecule has 5 rings (SSSR count). The highest BCUT2D eigenvalue weighted by Gasteiger charge is 2.54. The van der Waals surface area contributed by atoms with Crippen LogP contribution < -0.4 is 5.32 Å². The first-order chi connectivity index (χ1) is 13.6. The molecular formula is C21H21N3O4. The number of furan rings is 1. The zero-order valence-electron chi connectivity index (χ0n) is 15.4. The first-order valence-corrected chi connectivity index (χ1v) is 9.59. The standard InChI is InChI=1S/C21H21N3O4/c25-19(17-9-14-3-1-2-4-16(14)28-17)23-11-15-10-21(15)5-7-24(8-6-21)20(26)18-12-22-13-27-18/h1-4,9,12-13,15H,5-8,10-11H2,(H,23,25). The summed E-state index contributed by atoms with van der Waals surface area (Å²) in [5, 5.41) is 3.94. The van der Waals surface area contributed by atoms with Crippen LogP contribution in [0, 0.1) is 11.3 Å². The number of oxazole rings is 1. The van der Waals surface area contributed by atoms with Crippen molar-refractivity contribution in [1.82, 2.24) is 15.2 Å². The van der Waals surface area contributed by atoms with E-state index in [9.17, 15) is 9.59 Å². The fourth-order valence-electron chi connectivity index (χ4n) is 4.36. The summed E-state index contributed by atoms with van der Waals surface area (Å²) in [5.41, 5.74) is 0.971. The normalized spacial score (nSPS) is 20.4. The monoisotopic (exact) mass is 379 g/mol. The molecule has 1 aliphatic heterocycles. The Labute approximate surface area is 161 Å². The lowest BCUT2D eigenvalue weighted by molar-refractivity contribution is 0.0637. The van der Waals surface area contributed by atoms with E-state index in [-0.39, 0.29) is 17.2 Å². The molecule has 1 saturated heterocycles. The predicted octanol–water partition coefficient (Wildman–Crippen LogP) is 3.09. The van der Waals surface area contributed by atoms with Gasteiger partial charge in [-0.25, -0.2) is 4.98 Å². The number of nitrogens with zero attached hydrogens (tertiary/aromatic N) is 2. The van der Waals surface area contributed by atoms with E-state index < -0.39 is 0 Å². The Morgan fingerprint density at radius 2 is 2.04 bits per heavy atom. The predicted molar refractivity (Wildman–Crippen MR) is 101 cm³/mol. The third kappa shape index (κ3) is 2.96. The van der Waals surface area contributed by atoms with Gasteiger partial charge in [0, 0.05) is 25.0 Å². The quantitative estimate of drug-likeness (QED) is 0.752. The lowest BCUT2D eigenvalue weighted by atomic mass is 9.90. The molecule has 144 valence electrons. The molecule has 1 atom stereocenters. The van der Waals surface area contributed by atoms with E-state index in [0.717, 1.165) is 30.2 Å². The second kappa shape index (κ2) is 6.51. The highest BCUT2D eigenvalue weighted by atomic mass is 16.4. The number of para-hydroxylation sites is 1. The van der Waals surface area contributed by atoms with E-state index in [2.05, 4.69) is 10.3 Å². The van der Waals surface area contributed by atoms with E-state index in [0.29, 0.717) is 37.1 Å². The smallest absolute Gasteiger partial charge is 0.291 e. The fourth-order valence-corrected chi connectivity index (χ4v) is 4.36. The first-order valence-electron chi connectivity index (χ1n) is 9.59. The molecule has 1 aliphatic carbocycles. The minimum Gasteiger partial charge on any atom is -0.451 e. The van der Waals surface area contributed by atoms with Gasteiger partial charge in [-0.2, -0.15) is 0 Å². The van der Waals surface area contributed by atoms with E-state index >= 15 is 0 Å². The molecule has 7 heteroatoms. The maximum absolute atomic E-state index is 12.4. The summed E-state index contributed by atoms with van der Waals surface area (Å²) in [5.74, 6) is 0.840. The molecule has 7 nitrogen and oxygen atoms in total. The third-order valence-electron chi connectivity index (χ3n) is 6.21. The number of amides is 2. The summed E-state index contributed by atoms with van der Waals surface area (Å²) >= 11 is 0. The van der Waals surface area contributed by atoms with Crippen molar-refractivity contribution in [1.29, 1.82) is 0 Å². The number of likely N-dealkylation sites (tertiary alicyclic amines) is 1. The zero-order chi connectivity index (χ0) is 19.1. The van der Waals surface area contributed by atoms with Crippen molar-refractivity contribution < 1.29 is 18.4 Å². The molecule has 1 N–H and O–H groups in total. The SMILES string of the molecule is O=C(NCC1CC12CCN(C(=O)c1cnco1)CC2)c1cc2ccccc2o1. The number of fused-ring (bicyclic) bond motifs is 1. The summed E-state index contributed by atoms with van der Waals surface area (Å²) in [6.45, 7) is 2.08. The molecule has 1 saturated carbocycles. The molecule has 2 aromatic heterocycles. The van der Waals surface area contributed by atoms with Gasteiger partial charge in [-0.1, -0.05) is 18.2 Å². The van der Waals surface area contributed by atoms with Crippen LogP contribution in [0.3, 0.4) is 0 Å². The van der Waals surface area contributed by atoms with Gasteiger partial charge >= 0.3 is 0 Å². The van der Waals surface area contributed by atoms with Crippen molar-refractivity contribution in [2.75, 3.05) is 19.6 Å². The van der Waals surface area contributed by atoms with Gasteiger partial charge < -0.3 is 19.1 Å². The Morgan fingerprint density at radius 1 is 1.21 bits per heavy atom. The van der Waals surface area contributed by atoms with Crippen LogP contribution in [0.1, 0.15) is 40.4 Å². The van der Waals surface area contributed by atoms with E-state index in [1.165, 1.54) is 12.6 Å². The second-order valence-corrected chi connectivity index (χ2v) is 7.78. The average molecular weight is 379 g/mol. The zero-order valence-corrected chi connectivity index (χ0v) is 15.4. The van der Waals surface area contributed by atoms with Crippen molar-refractivity contribution in [3.8, 4) is 0 Å². The van der Waals surface area contributed by atoms with Crippen LogP contribution in [0.15, 0.2) is 51.8 Å². The minimum absolute atomic E-state index is 0.0947. The number of carbonyl (C=O) groups excluding carboxylic acids is 2. The summed E-state index contributed by atoms with van der Waals surface area (Å²) in [7, 11) is 0. The molecule has 0 radical (unpaired) electrons. The molecule has 28 heavy (non-hydrogen) atoms. The van der Waals surface area contributed by atoms with Crippen molar-refractivity contribution in [2.24, 2.45) is 11.3 Å². The molecule has 1 aromatic carbocycles. The molecule has 3 aromatic rings. The summed E-state index contributed by atoms with van der Waals surface area (Å²) in [6.07, 6.45) is 5.74. The first kappa shape index (κ1) is 17.0. The summed E-state index contributed by atoms with van der Waals surface area (Å²) in [6, 6.07) is 9.38. The van der Waals surface area contributed by atoms with E-state index in [4.69, 9.17) is 8.83 Å². The Balaban J connectivity index is 1.14. The van der Waals surface area contributed by atoms with Crippen LogP contribution in [-0.4, -0.2) is 41.3 Å². The number of aromatic nitrogens is 1. The maximum atomic E-state index is 12.4. The maximum Gasteiger partial charge on any atom is 0.291 e. The number of rotatable bonds is 4. The van der Waals surface area contributed by atoms with Gasteiger partial charge in [-0.15, -0.1) is 0 Å². The van der Waals surface area contributed by atoms with Crippen molar-refractivity contribution >= 4 is 22.8 Å². The number of nitrogens with one attached hydrogen (secondary N) is 1. The van der Waals surface area contributed by atoms with Crippen LogP contribution >= 0.6 is 0 Å². The third-order valence-corrected chi connectivity index (χ3v) is 6.21. The van der Waals surface area contributed by atoms with Crippen molar-refractivity contribution in [3.05, 3.63) is 54.4 Å². The Bertz CT molecular complexity index is 982. The van der Waals surface area contributed by atoms with Gasteiger partial charge in [-0.3, -0.25) is 9.59 Å². The van der Waals surface area contributed by atoms with Gasteiger partial charge in [0.25, 0.3) is 11.8 Å². The van der Waals surface area contributed by atoms with Gasteiger partial charge in [0.05, 0.1) is 6.20 Å². The molecule has 3 heterocycles. The van der Waals surface area contributed by atoms with Gasteiger partial charge in [-0.05, 0) is 42.7 Å². The minimum atomic E-state index is -0.170. The molecule has 2 aliphatic rings.